The third-order valence-electron chi connectivity index (χ3n) is 14.8. The first-order chi connectivity index (χ1) is 49.8. The van der Waals surface area contributed by atoms with E-state index in [1.165, 1.54) is 54.6 Å². The summed E-state index contributed by atoms with van der Waals surface area (Å²) in [6.45, 7) is 4.57. The fourth-order valence-corrected chi connectivity index (χ4v) is 9.72. The molecule has 0 atom stereocenters. The number of nitro benzene ring substituents is 3. The van der Waals surface area contributed by atoms with Crippen LogP contribution >= 0.6 is 0 Å². The van der Waals surface area contributed by atoms with Crippen molar-refractivity contribution in [2.75, 3.05) is 100.0 Å². The summed E-state index contributed by atoms with van der Waals surface area (Å²) in [5.41, 5.74) is 40.4. The molecule has 0 N–H and O–H groups in total. The number of azo groups is 3. The van der Waals surface area contributed by atoms with Crippen LogP contribution < -0.4 is 28.9 Å². The number of hydrogen-bond acceptors (Lipinski definition) is 26. The predicted octanol–water partition coefficient (Wildman–Crippen LogP) is 15.7. The summed E-state index contributed by atoms with van der Waals surface area (Å²) in [6.07, 6.45) is 11.9. The van der Waals surface area contributed by atoms with Crippen molar-refractivity contribution in [1.29, 1.82) is 0 Å². The smallest absolute Gasteiger partial charge is 0.273 e. The minimum absolute atomic E-state index is 0.145. The maximum Gasteiger partial charge on any atom is 0.273 e. The van der Waals surface area contributed by atoms with Crippen molar-refractivity contribution in [3.63, 3.8) is 0 Å². The van der Waals surface area contributed by atoms with Gasteiger partial charge < -0.3 is 28.9 Å². The molecule has 0 aliphatic heterocycles. The van der Waals surface area contributed by atoms with E-state index in [-0.39, 0.29) is 97.4 Å². The summed E-state index contributed by atoms with van der Waals surface area (Å²) in [4.78, 5) is 50.7. The van der Waals surface area contributed by atoms with Crippen LogP contribution in [0.15, 0.2) is 191 Å². The molecule has 0 amide bonds. The van der Waals surface area contributed by atoms with Crippen LogP contribution in [-0.4, -0.2) is 130 Å². The fraction of sp³-hybridized carbons (Fsp3) is 0.333. The van der Waals surface area contributed by atoms with Crippen molar-refractivity contribution in [2.45, 2.75) is 51.6 Å². The van der Waals surface area contributed by atoms with E-state index in [2.05, 4.69) is 102 Å². The van der Waals surface area contributed by atoms with Crippen molar-refractivity contribution < 1.29 is 29.0 Å². The standard InChI is InChI=1S/C63H66N30O9/c1-2-3-4-39-100-61-42-55(91(94)95)21-24-58(61)77-74-49-13-19-54(20-14-49)88(35-37-89-45-50(75-84-89)7-5-40-101-62-43-56(92(96)97)22-25-59(62)78-72-47-9-15-52(16-10-47)86(31-27-68-80-64)32-28-69-81-65)36-38-90-46-51(76-85-90)8-6-41-102-63-44-57(93(98)99)23-26-60(63)79-73-48-11-17-53(18-12-48)87(33-29-70-82-66)34-30-71-83-67/h1,9-26,42-46H,3-8,27-41H2. The van der Waals surface area contributed by atoms with E-state index in [1.807, 2.05) is 34.3 Å². The van der Waals surface area contributed by atoms with Crippen molar-refractivity contribution in [2.24, 2.45) is 51.1 Å². The Morgan fingerprint density at radius 2 is 0.755 bits per heavy atom. The second-order valence-corrected chi connectivity index (χ2v) is 21.7. The van der Waals surface area contributed by atoms with Crippen LogP contribution in [0.25, 0.3) is 41.8 Å². The summed E-state index contributed by atoms with van der Waals surface area (Å²) >= 11 is 0. The summed E-state index contributed by atoms with van der Waals surface area (Å²) < 4.78 is 21.4. The molecule has 0 unspecified atom stereocenters. The van der Waals surface area contributed by atoms with Crippen LogP contribution in [0.2, 0.25) is 0 Å². The van der Waals surface area contributed by atoms with Gasteiger partial charge in [0.05, 0.1) is 94.3 Å². The van der Waals surface area contributed by atoms with Gasteiger partial charge in [-0.1, -0.05) is 30.9 Å². The molecule has 2 heterocycles. The maximum absolute atomic E-state index is 11.8. The molecule has 0 aliphatic rings. The van der Waals surface area contributed by atoms with E-state index in [0.29, 0.717) is 119 Å². The first-order valence-corrected chi connectivity index (χ1v) is 31.6. The second kappa shape index (κ2) is 40.0. The predicted molar refractivity (Wildman–Crippen MR) is 375 cm³/mol. The van der Waals surface area contributed by atoms with Gasteiger partial charge in [-0.2, -0.15) is 15.3 Å². The average molecular weight is 1390 g/mol. The first kappa shape index (κ1) is 74.0. The highest BCUT2D eigenvalue weighted by molar-refractivity contribution is 5.61. The molecule has 522 valence electrons. The molecule has 0 saturated heterocycles. The normalized spacial score (nSPS) is 10.9. The molecule has 0 spiro atoms. The molecule has 0 fully saturated rings. The highest BCUT2D eigenvalue weighted by Gasteiger charge is 2.18. The molecule has 0 aliphatic carbocycles. The number of nitrogens with zero attached hydrogens (tertiary/aromatic N) is 30. The Bertz CT molecular complexity index is 4200. The number of hydrogen-bond donors (Lipinski definition) is 0. The molecule has 6 aromatic carbocycles. The van der Waals surface area contributed by atoms with Gasteiger partial charge in [0.25, 0.3) is 17.1 Å². The first-order valence-electron chi connectivity index (χ1n) is 31.6. The molecule has 2 aromatic heterocycles. The lowest BCUT2D eigenvalue weighted by molar-refractivity contribution is -0.385. The van der Waals surface area contributed by atoms with Crippen LogP contribution in [0, 0.1) is 42.7 Å². The quantitative estimate of drug-likeness (QED) is 0.00651. The topological polar surface area (TPSA) is 497 Å². The summed E-state index contributed by atoms with van der Waals surface area (Å²) in [6, 6.07) is 33.5. The second-order valence-electron chi connectivity index (χ2n) is 21.7. The number of nitro groups is 3. The lowest BCUT2D eigenvalue weighted by Gasteiger charge is -2.24. The van der Waals surface area contributed by atoms with Crippen molar-refractivity contribution in [1.82, 2.24) is 30.0 Å². The molecular weight excluding hydrogens is 1320 g/mol. The molecular formula is C63H66N30O9. The molecule has 39 heteroatoms. The number of aryl methyl sites for hydroxylation is 2. The van der Waals surface area contributed by atoms with E-state index in [0.717, 1.165) is 17.1 Å². The van der Waals surface area contributed by atoms with Crippen LogP contribution in [0.4, 0.5) is 68.2 Å². The van der Waals surface area contributed by atoms with Gasteiger partial charge in [0.2, 0.25) is 0 Å². The zero-order valence-electron chi connectivity index (χ0n) is 54.8. The Balaban J connectivity index is 0.900. The Hall–Kier alpha value is -13.8. The highest BCUT2D eigenvalue weighted by Crippen LogP contribution is 2.37. The van der Waals surface area contributed by atoms with Crippen LogP contribution in [0.5, 0.6) is 17.2 Å². The van der Waals surface area contributed by atoms with Gasteiger partial charge in [0.15, 0.2) is 17.2 Å². The summed E-state index contributed by atoms with van der Waals surface area (Å²) in [5.74, 6) is 3.04. The van der Waals surface area contributed by atoms with Gasteiger partial charge in [0.1, 0.15) is 17.1 Å². The van der Waals surface area contributed by atoms with E-state index >= 15 is 0 Å². The number of benzene rings is 6. The number of ether oxygens (including phenoxy) is 3. The largest absolute Gasteiger partial charge is 0.491 e. The number of non-ortho nitro benzene ring substituents is 3. The number of terminal acetylenes is 1. The van der Waals surface area contributed by atoms with Gasteiger partial charge in [-0.15, -0.1) is 37.9 Å². The van der Waals surface area contributed by atoms with Gasteiger partial charge in [-0.3, -0.25) is 39.7 Å². The van der Waals surface area contributed by atoms with Gasteiger partial charge >= 0.3 is 0 Å². The fourth-order valence-electron chi connectivity index (χ4n) is 9.72. The molecule has 8 aromatic rings. The molecule has 0 saturated carbocycles. The molecule has 0 radical (unpaired) electrons. The Labute approximate surface area is 580 Å². The molecule has 102 heavy (non-hydrogen) atoms. The third-order valence-corrected chi connectivity index (χ3v) is 14.8. The van der Waals surface area contributed by atoms with E-state index in [9.17, 15) is 30.3 Å². The third kappa shape index (κ3) is 23.8. The Kier molecular flexibility index (Phi) is 29.1. The number of aromatic nitrogens is 6. The van der Waals surface area contributed by atoms with Crippen molar-refractivity contribution >= 4 is 68.2 Å². The van der Waals surface area contributed by atoms with Crippen LogP contribution in [-0.2, 0) is 25.9 Å². The monoisotopic (exact) mass is 1390 g/mol. The summed E-state index contributed by atoms with van der Waals surface area (Å²) in [5, 5.41) is 93.3. The minimum Gasteiger partial charge on any atom is -0.491 e. The van der Waals surface area contributed by atoms with Gasteiger partial charge in [-0.25, -0.2) is 0 Å². The van der Waals surface area contributed by atoms with Gasteiger partial charge in [0, 0.05) is 139 Å². The molecule has 0 bridgehead atoms. The van der Waals surface area contributed by atoms with Gasteiger partial charge in [-0.05, 0) is 145 Å². The SMILES string of the molecule is C#CCCCOc1cc([N+](=O)[O-])ccc1N=Nc1ccc(N(CCn2cc(CCCOc3cc([N+](=O)[O-])ccc3N=Nc3ccc(N(CCN=[N+]=[N-])CCN=[N+]=[N-])cc3)nn2)CCn2cc(CCCOc3cc([N+](=O)[O-])ccc3N=Nc3ccc(N(CCN=[N+]=[N-])CCN=[N+]=[N-])cc3)nn2)cc1. The lowest BCUT2D eigenvalue weighted by atomic mass is 10.2. The van der Waals surface area contributed by atoms with E-state index < -0.39 is 14.8 Å². The summed E-state index contributed by atoms with van der Waals surface area (Å²) in [7, 11) is 0. The number of anilines is 3. The zero-order valence-corrected chi connectivity index (χ0v) is 54.8. The zero-order chi connectivity index (χ0) is 72.1. The lowest BCUT2D eigenvalue weighted by Crippen LogP contribution is -2.31. The minimum atomic E-state index is -0.532. The van der Waals surface area contributed by atoms with E-state index in [1.54, 1.807) is 70.0 Å². The number of unbranched alkanes of at least 4 members (excludes halogenated alkanes) is 1. The number of azide groups is 4. The van der Waals surface area contributed by atoms with Crippen molar-refractivity contribution in [3.05, 3.63) is 223 Å². The average Bonchev–Trinajstić information content (AvgIpc) is 0.969. The van der Waals surface area contributed by atoms with Crippen LogP contribution in [0.3, 0.4) is 0 Å². The van der Waals surface area contributed by atoms with E-state index in [4.69, 9.17) is 42.8 Å². The maximum atomic E-state index is 11.8. The molecule has 39 nitrogen and oxygen atoms in total. The van der Waals surface area contributed by atoms with Crippen molar-refractivity contribution in [3.8, 4) is 29.6 Å². The van der Waals surface area contributed by atoms with Crippen LogP contribution in [0.1, 0.15) is 37.1 Å². The molecule has 8 rings (SSSR count). The highest BCUT2D eigenvalue weighted by atomic mass is 16.6. The Morgan fingerprint density at radius 1 is 0.441 bits per heavy atom. The number of rotatable bonds is 44. The Morgan fingerprint density at radius 3 is 1.06 bits per heavy atom.